The summed E-state index contributed by atoms with van der Waals surface area (Å²) in [6.45, 7) is 0.0745. The van der Waals surface area contributed by atoms with E-state index < -0.39 is 24.3 Å². The number of ether oxygens (including phenoxy) is 1. The molecule has 1 N–H and O–H groups in total. The molecule has 0 atom stereocenters. The Morgan fingerprint density at radius 2 is 1.62 bits per heavy atom. The van der Waals surface area contributed by atoms with Crippen LogP contribution >= 0.6 is 0 Å². The van der Waals surface area contributed by atoms with Crippen LogP contribution in [0.2, 0.25) is 0 Å². The predicted molar refractivity (Wildman–Crippen MR) is 114 cm³/mol. The van der Waals surface area contributed by atoms with Gasteiger partial charge in [0.1, 0.15) is 5.75 Å². The van der Waals surface area contributed by atoms with Gasteiger partial charge in [-0.1, -0.05) is 36.4 Å². The van der Waals surface area contributed by atoms with Crippen LogP contribution in [0.3, 0.4) is 0 Å². The number of benzene rings is 3. The van der Waals surface area contributed by atoms with Gasteiger partial charge in [0, 0.05) is 24.8 Å². The molecule has 0 aliphatic heterocycles. The van der Waals surface area contributed by atoms with Crippen molar-refractivity contribution >= 4 is 17.5 Å². The molecule has 0 aromatic heterocycles. The van der Waals surface area contributed by atoms with E-state index in [-0.39, 0.29) is 11.6 Å². The van der Waals surface area contributed by atoms with Crippen molar-refractivity contribution in [3.63, 3.8) is 0 Å². The summed E-state index contributed by atoms with van der Waals surface area (Å²) in [6, 6.07) is 20.2. The first kappa shape index (κ1) is 22.9. The van der Waals surface area contributed by atoms with E-state index in [1.165, 1.54) is 12.1 Å². The molecular formula is C24H21F3N2O3. The number of nitrogens with one attached hydrogen (secondary N) is 1. The monoisotopic (exact) mass is 442 g/mol. The van der Waals surface area contributed by atoms with Gasteiger partial charge < -0.3 is 15.0 Å². The van der Waals surface area contributed by atoms with Crippen molar-refractivity contribution in [2.45, 2.75) is 12.7 Å². The van der Waals surface area contributed by atoms with E-state index >= 15 is 0 Å². The smallest absolute Gasteiger partial charge is 0.416 e. The highest BCUT2D eigenvalue weighted by Gasteiger charge is 2.30. The predicted octanol–water partition coefficient (Wildman–Crippen LogP) is 5.00. The highest BCUT2D eigenvalue weighted by molar-refractivity contribution is 5.94. The second kappa shape index (κ2) is 10.00. The van der Waals surface area contributed by atoms with E-state index in [0.29, 0.717) is 17.9 Å². The Morgan fingerprint density at radius 3 is 2.28 bits per heavy atom. The molecule has 0 fully saturated rings. The molecule has 3 aromatic rings. The molecule has 0 aliphatic carbocycles. The highest BCUT2D eigenvalue weighted by Crippen LogP contribution is 2.30. The molecular weight excluding hydrogens is 421 g/mol. The Balaban J connectivity index is 1.52. The Hall–Kier alpha value is -3.81. The lowest BCUT2D eigenvalue weighted by molar-refractivity contribution is -0.137. The highest BCUT2D eigenvalue weighted by atomic mass is 19.4. The summed E-state index contributed by atoms with van der Waals surface area (Å²) in [5.74, 6) is -0.416. The number of nitrogens with zero attached hydrogens (tertiary/aromatic N) is 1. The van der Waals surface area contributed by atoms with Crippen LogP contribution in [0.25, 0.3) is 0 Å². The van der Waals surface area contributed by atoms with Gasteiger partial charge in [0.05, 0.1) is 5.56 Å². The lowest BCUT2D eigenvalue weighted by Crippen LogP contribution is -2.26. The summed E-state index contributed by atoms with van der Waals surface area (Å²) in [5, 5.41) is 2.37. The van der Waals surface area contributed by atoms with Crippen molar-refractivity contribution in [3.8, 4) is 5.75 Å². The molecule has 5 nitrogen and oxygen atoms in total. The zero-order valence-corrected chi connectivity index (χ0v) is 17.2. The molecule has 2 amide bonds. The molecule has 0 saturated carbocycles. The molecule has 166 valence electrons. The van der Waals surface area contributed by atoms with Crippen LogP contribution in [0.1, 0.15) is 21.5 Å². The third-order valence-electron chi connectivity index (χ3n) is 4.55. The Kier molecular flexibility index (Phi) is 7.14. The number of halogens is 3. The van der Waals surface area contributed by atoms with Crippen LogP contribution in [-0.2, 0) is 17.5 Å². The first-order chi connectivity index (χ1) is 15.2. The minimum Gasteiger partial charge on any atom is -0.484 e. The Morgan fingerprint density at radius 1 is 0.938 bits per heavy atom. The maximum Gasteiger partial charge on any atom is 0.416 e. The van der Waals surface area contributed by atoms with E-state index in [1.807, 2.05) is 30.3 Å². The molecule has 32 heavy (non-hydrogen) atoms. The van der Waals surface area contributed by atoms with Crippen molar-refractivity contribution in [2.24, 2.45) is 0 Å². The number of anilines is 1. The summed E-state index contributed by atoms with van der Waals surface area (Å²) in [4.78, 5) is 26.2. The van der Waals surface area contributed by atoms with Gasteiger partial charge in [0.2, 0.25) is 0 Å². The van der Waals surface area contributed by atoms with Gasteiger partial charge in [0.25, 0.3) is 11.8 Å². The van der Waals surface area contributed by atoms with Gasteiger partial charge >= 0.3 is 6.18 Å². The van der Waals surface area contributed by atoms with Crippen molar-refractivity contribution in [3.05, 3.63) is 95.6 Å². The average Bonchev–Trinajstić information content (AvgIpc) is 2.78. The Labute approximate surface area is 183 Å². The third-order valence-corrected chi connectivity index (χ3v) is 4.55. The Bertz CT molecular complexity index is 1070. The number of alkyl halides is 3. The van der Waals surface area contributed by atoms with Gasteiger partial charge in [-0.3, -0.25) is 9.59 Å². The molecule has 0 bridgehead atoms. The second-order valence-corrected chi connectivity index (χ2v) is 7.09. The fourth-order valence-corrected chi connectivity index (χ4v) is 2.96. The SMILES string of the molecule is CN(Cc1ccccc1)C(=O)c1ccc(OCC(=O)Nc2cccc(C(F)(F)F)c2)cc1. The molecule has 0 aliphatic rings. The van der Waals surface area contributed by atoms with Crippen molar-refractivity contribution in [2.75, 3.05) is 19.0 Å². The fourth-order valence-electron chi connectivity index (χ4n) is 2.96. The van der Waals surface area contributed by atoms with E-state index in [2.05, 4.69) is 5.32 Å². The molecule has 3 rings (SSSR count). The largest absolute Gasteiger partial charge is 0.484 e. The van der Waals surface area contributed by atoms with E-state index in [4.69, 9.17) is 4.74 Å². The average molecular weight is 442 g/mol. The van der Waals surface area contributed by atoms with Crippen LogP contribution in [0, 0.1) is 0 Å². The minimum absolute atomic E-state index is 0.0239. The summed E-state index contributed by atoms with van der Waals surface area (Å²) >= 11 is 0. The summed E-state index contributed by atoms with van der Waals surface area (Å²) < 4.78 is 43.6. The molecule has 8 heteroatoms. The van der Waals surface area contributed by atoms with Crippen molar-refractivity contribution < 1.29 is 27.5 Å². The lowest BCUT2D eigenvalue weighted by atomic mass is 10.1. The van der Waals surface area contributed by atoms with Crippen molar-refractivity contribution in [1.82, 2.24) is 4.90 Å². The molecule has 0 saturated heterocycles. The van der Waals surface area contributed by atoms with Crippen LogP contribution in [0.15, 0.2) is 78.9 Å². The minimum atomic E-state index is -4.49. The summed E-state index contributed by atoms with van der Waals surface area (Å²) in [6.07, 6.45) is -4.49. The quantitative estimate of drug-likeness (QED) is 0.561. The number of carbonyl (C=O) groups is 2. The van der Waals surface area contributed by atoms with Crippen LogP contribution in [0.4, 0.5) is 18.9 Å². The van der Waals surface area contributed by atoms with Crippen LogP contribution < -0.4 is 10.1 Å². The molecule has 0 unspecified atom stereocenters. The molecule has 0 heterocycles. The number of hydrogen-bond acceptors (Lipinski definition) is 3. The van der Waals surface area contributed by atoms with E-state index in [0.717, 1.165) is 17.7 Å². The molecule has 0 spiro atoms. The molecule has 3 aromatic carbocycles. The fraction of sp³-hybridized carbons (Fsp3) is 0.167. The summed E-state index contributed by atoms with van der Waals surface area (Å²) in [5.41, 5.74) is 0.642. The molecule has 0 radical (unpaired) electrons. The first-order valence-electron chi connectivity index (χ1n) is 9.72. The van der Waals surface area contributed by atoms with Crippen molar-refractivity contribution in [1.29, 1.82) is 0 Å². The normalized spacial score (nSPS) is 11.0. The van der Waals surface area contributed by atoms with E-state index in [9.17, 15) is 22.8 Å². The maximum absolute atomic E-state index is 12.8. The lowest BCUT2D eigenvalue weighted by Gasteiger charge is -2.17. The number of carbonyl (C=O) groups excluding carboxylic acids is 2. The van der Waals surface area contributed by atoms with E-state index in [1.54, 1.807) is 36.2 Å². The van der Waals surface area contributed by atoms with Gasteiger partial charge in [-0.2, -0.15) is 13.2 Å². The zero-order valence-electron chi connectivity index (χ0n) is 17.2. The number of amides is 2. The van der Waals surface area contributed by atoms with Gasteiger partial charge in [0.15, 0.2) is 6.61 Å². The maximum atomic E-state index is 12.8. The van der Waals surface area contributed by atoms with Gasteiger partial charge in [-0.05, 0) is 48.0 Å². The second-order valence-electron chi connectivity index (χ2n) is 7.09. The van der Waals surface area contributed by atoms with Crippen LogP contribution in [0.5, 0.6) is 5.75 Å². The number of hydrogen-bond donors (Lipinski definition) is 1. The third kappa shape index (κ3) is 6.34. The van der Waals surface area contributed by atoms with Crippen LogP contribution in [-0.4, -0.2) is 30.4 Å². The standard InChI is InChI=1S/C24H21F3N2O3/c1-29(15-17-6-3-2-4-7-17)23(31)18-10-12-21(13-11-18)32-16-22(30)28-20-9-5-8-19(14-20)24(25,26)27/h2-14H,15-16H2,1H3,(H,28,30). The zero-order chi connectivity index (χ0) is 23.1. The van der Waals surface area contributed by atoms with Gasteiger partial charge in [-0.15, -0.1) is 0 Å². The summed E-state index contributed by atoms with van der Waals surface area (Å²) in [7, 11) is 1.71. The topological polar surface area (TPSA) is 58.6 Å². The van der Waals surface area contributed by atoms with Gasteiger partial charge in [-0.25, -0.2) is 0 Å². The number of rotatable bonds is 7. The first-order valence-corrected chi connectivity index (χ1v) is 9.72.